The lowest BCUT2D eigenvalue weighted by atomic mass is 9.93. The Kier molecular flexibility index (Phi) is 5.90. The molecule has 2 heteroatoms. The summed E-state index contributed by atoms with van der Waals surface area (Å²) in [6.45, 7) is 4.41. The standard InChI is InChI=1S/C18H29NO/c1-4-5-6-7-8-9-15-13-17(19-3)16-12-14(2)10-11-18(16)20-15/h10-12,15,17,19H,4-9,13H2,1-3H3. The Morgan fingerprint density at radius 2 is 2.00 bits per heavy atom. The summed E-state index contributed by atoms with van der Waals surface area (Å²) in [5.74, 6) is 1.08. The second-order valence-corrected chi connectivity index (χ2v) is 6.06. The number of hydrogen-bond acceptors (Lipinski definition) is 2. The van der Waals surface area contributed by atoms with E-state index in [0.717, 1.165) is 12.2 Å². The third-order valence-electron chi connectivity index (χ3n) is 4.31. The van der Waals surface area contributed by atoms with E-state index < -0.39 is 0 Å². The van der Waals surface area contributed by atoms with Gasteiger partial charge in [-0.05, 0) is 32.9 Å². The average Bonchev–Trinajstić information content (AvgIpc) is 2.46. The van der Waals surface area contributed by atoms with E-state index in [2.05, 4.69) is 44.4 Å². The number of aryl methyl sites for hydroxylation is 1. The maximum atomic E-state index is 6.19. The number of hydrogen-bond donors (Lipinski definition) is 1. The van der Waals surface area contributed by atoms with Crippen molar-refractivity contribution in [1.82, 2.24) is 5.32 Å². The van der Waals surface area contributed by atoms with E-state index >= 15 is 0 Å². The van der Waals surface area contributed by atoms with Gasteiger partial charge in [-0.25, -0.2) is 0 Å². The number of ether oxygens (including phenoxy) is 1. The fourth-order valence-electron chi connectivity index (χ4n) is 3.09. The predicted octanol–water partition coefficient (Wildman–Crippen LogP) is 4.77. The Hall–Kier alpha value is -1.02. The lowest BCUT2D eigenvalue weighted by Gasteiger charge is -2.32. The summed E-state index contributed by atoms with van der Waals surface area (Å²) < 4.78 is 6.19. The van der Waals surface area contributed by atoms with Crippen LogP contribution in [0, 0.1) is 6.92 Å². The third-order valence-corrected chi connectivity index (χ3v) is 4.31. The molecule has 0 saturated carbocycles. The van der Waals surface area contributed by atoms with Gasteiger partial charge in [0.05, 0.1) is 0 Å². The van der Waals surface area contributed by atoms with Crippen LogP contribution in [0.5, 0.6) is 5.75 Å². The molecule has 1 aromatic carbocycles. The largest absolute Gasteiger partial charge is 0.490 e. The summed E-state index contributed by atoms with van der Waals surface area (Å²) in [7, 11) is 2.06. The Balaban J connectivity index is 1.90. The Morgan fingerprint density at radius 1 is 1.20 bits per heavy atom. The van der Waals surface area contributed by atoms with Crippen LogP contribution in [0.3, 0.4) is 0 Å². The van der Waals surface area contributed by atoms with Crippen molar-refractivity contribution in [1.29, 1.82) is 0 Å². The van der Waals surface area contributed by atoms with Gasteiger partial charge in [0.2, 0.25) is 0 Å². The van der Waals surface area contributed by atoms with Crippen molar-refractivity contribution in [2.75, 3.05) is 7.05 Å². The molecule has 1 aliphatic heterocycles. The highest BCUT2D eigenvalue weighted by Crippen LogP contribution is 2.36. The van der Waals surface area contributed by atoms with E-state index in [0.29, 0.717) is 12.1 Å². The molecule has 0 fully saturated rings. The van der Waals surface area contributed by atoms with E-state index in [-0.39, 0.29) is 0 Å². The van der Waals surface area contributed by atoms with Crippen molar-refractivity contribution in [3.8, 4) is 5.75 Å². The van der Waals surface area contributed by atoms with E-state index in [9.17, 15) is 0 Å². The molecule has 2 unspecified atom stereocenters. The second-order valence-electron chi connectivity index (χ2n) is 6.06. The van der Waals surface area contributed by atoms with Crippen LogP contribution < -0.4 is 10.1 Å². The van der Waals surface area contributed by atoms with E-state index in [1.54, 1.807) is 0 Å². The molecule has 1 aromatic rings. The van der Waals surface area contributed by atoms with Gasteiger partial charge in [0.1, 0.15) is 11.9 Å². The molecule has 2 rings (SSSR count). The van der Waals surface area contributed by atoms with Gasteiger partial charge in [0, 0.05) is 18.0 Å². The monoisotopic (exact) mass is 275 g/mol. The molecule has 20 heavy (non-hydrogen) atoms. The zero-order valence-electron chi connectivity index (χ0n) is 13.2. The highest BCUT2D eigenvalue weighted by Gasteiger charge is 2.26. The first-order valence-corrected chi connectivity index (χ1v) is 8.19. The number of fused-ring (bicyclic) bond motifs is 1. The lowest BCUT2D eigenvalue weighted by molar-refractivity contribution is 0.140. The minimum atomic E-state index is 0.379. The van der Waals surface area contributed by atoms with Crippen molar-refractivity contribution in [3.05, 3.63) is 29.3 Å². The Labute approximate surface area is 123 Å². The molecule has 112 valence electrons. The number of nitrogens with one attached hydrogen (secondary N) is 1. The summed E-state index contributed by atoms with van der Waals surface area (Å²) in [5, 5.41) is 3.45. The summed E-state index contributed by atoms with van der Waals surface area (Å²) >= 11 is 0. The fourth-order valence-corrected chi connectivity index (χ4v) is 3.09. The first kappa shape index (κ1) is 15.4. The minimum absolute atomic E-state index is 0.379. The maximum Gasteiger partial charge on any atom is 0.124 e. The number of rotatable bonds is 7. The molecular formula is C18H29NO. The summed E-state index contributed by atoms with van der Waals surface area (Å²) in [6.07, 6.45) is 9.36. The maximum absolute atomic E-state index is 6.19. The average molecular weight is 275 g/mol. The molecule has 0 bridgehead atoms. The second kappa shape index (κ2) is 7.68. The first-order valence-electron chi connectivity index (χ1n) is 8.19. The molecule has 0 spiro atoms. The van der Waals surface area contributed by atoms with Crippen molar-refractivity contribution in [3.63, 3.8) is 0 Å². The van der Waals surface area contributed by atoms with Gasteiger partial charge in [-0.1, -0.05) is 50.3 Å². The van der Waals surface area contributed by atoms with Gasteiger partial charge in [-0.3, -0.25) is 0 Å². The van der Waals surface area contributed by atoms with Gasteiger partial charge in [-0.15, -0.1) is 0 Å². The van der Waals surface area contributed by atoms with Crippen molar-refractivity contribution in [2.24, 2.45) is 0 Å². The smallest absolute Gasteiger partial charge is 0.124 e. The van der Waals surface area contributed by atoms with Crippen LogP contribution in [0.4, 0.5) is 0 Å². The van der Waals surface area contributed by atoms with Crippen LogP contribution in [-0.4, -0.2) is 13.2 Å². The third kappa shape index (κ3) is 3.99. The molecule has 0 aliphatic carbocycles. The van der Waals surface area contributed by atoms with Gasteiger partial charge >= 0.3 is 0 Å². The Bertz CT molecular complexity index is 416. The highest BCUT2D eigenvalue weighted by atomic mass is 16.5. The zero-order chi connectivity index (χ0) is 14.4. The zero-order valence-corrected chi connectivity index (χ0v) is 13.2. The van der Waals surface area contributed by atoms with Crippen molar-refractivity contribution < 1.29 is 4.74 Å². The SMILES string of the molecule is CCCCCCCC1CC(NC)c2cc(C)ccc2O1. The molecule has 0 aromatic heterocycles. The molecule has 0 amide bonds. The molecule has 0 radical (unpaired) electrons. The first-order chi connectivity index (χ1) is 9.74. The minimum Gasteiger partial charge on any atom is -0.490 e. The fraction of sp³-hybridized carbons (Fsp3) is 0.667. The molecule has 1 aliphatic rings. The number of unbranched alkanes of at least 4 members (excludes halogenated alkanes) is 4. The van der Waals surface area contributed by atoms with Crippen LogP contribution >= 0.6 is 0 Å². The lowest BCUT2D eigenvalue weighted by Crippen LogP contribution is -2.31. The van der Waals surface area contributed by atoms with Gasteiger partial charge in [-0.2, -0.15) is 0 Å². The molecular weight excluding hydrogens is 246 g/mol. The normalized spacial score (nSPS) is 21.4. The van der Waals surface area contributed by atoms with E-state index in [1.165, 1.54) is 49.7 Å². The van der Waals surface area contributed by atoms with E-state index in [1.807, 2.05) is 0 Å². The molecule has 1 N–H and O–H groups in total. The van der Waals surface area contributed by atoms with Crippen LogP contribution in [0.2, 0.25) is 0 Å². The van der Waals surface area contributed by atoms with Crippen LogP contribution in [0.15, 0.2) is 18.2 Å². The Morgan fingerprint density at radius 3 is 2.75 bits per heavy atom. The van der Waals surface area contributed by atoms with Crippen molar-refractivity contribution in [2.45, 2.75) is 70.9 Å². The molecule has 2 atom stereocenters. The van der Waals surface area contributed by atoms with Crippen molar-refractivity contribution >= 4 is 0 Å². The van der Waals surface area contributed by atoms with Crippen LogP contribution in [0.1, 0.15) is 69.0 Å². The van der Waals surface area contributed by atoms with E-state index in [4.69, 9.17) is 4.74 Å². The van der Waals surface area contributed by atoms with Gasteiger partial charge in [0.15, 0.2) is 0 Å². The summed E-state index contributed by atoms with van der Waals surface area (Å²) in [6, 6.07) is 6.99. The molecule has 1 heterocycles. The van der Waals surface area contributed by atoms with Gasteiger partial charge < -0.3 is 10.1 Å². The predicted molar refractivity (Wildman–Crippen MR) is 85.4 cm³/mol. The van der Waals surface area contributed by atoms with Gasteiger partial charge in [0.25, 0.3) is 0 Å². The summed E-state index contributed by atoms with van der Waals surface area (Å²) in [4.78, 5) is 0. The summed E-state index contributed by atoms with van der Waals surface area (Å²) in [5.41, 5.74) is 2.64. The van der Waals surface area contributed by atoms with Crippen LogP contribution in [-0.2, 0) is 0 Å². The topological polar surface area (TPSA) is 21.3 Å². The quantitative estimate of drug-likeness (QED) is 0.724. The number of benzene rings is 1. The van der Waals surface area contributed by atoms with Crippen LogP contribution in [0.25, 0.3) is 0 Å². The molecule has 0 saturated heterocycles. The molecule has 2 nitrogen and oxygen atoms in total. The highest BCUT2D eigenvalue weighted by molar-refractivity contribution is 5.40.